The molecule has 1 saturated heterocycles. The first-order valence-electron chi connectivity index (χ1n) is 6.14. The van der Waals surface area contributed by atoms with Crippen molar-refractivity contribution in [3.05, 3.63) is 0 Å². The Labute approximate surface area is 99.0 Å². The lowest BCUT2D eigenvalue weighted by Gasteiger charge is -2.27. The molecule has 15 heavy (non-hydrogen) atoms. The molecule has 2 nitrogen and oxygen atoms in total. The highest BCUT2D eigenvalue weighted by molar-refractivity contribution is 7.99. The van der Waals surface area contributed by atoms with Gasteiger partial charge in [0.2, 0.25) is 0 Å². The van der Waals surface area contributed by atoms with Crippen LogP contribution in [0.5, 0.6) is 0 Å². The molecule has 0 aromatic carbocycles. The van der Waals surface area contributed by atoms with E-state index in [1.54, 1.807) is 0 Å². The average molecular weight is 230 g/mol. The Balaban J connectivity index is 2.00. The van der Waals surface area contributed by atoms with E-state index in [1.165, 1.54) is 50.4 Å². The van der Waals surface area contributed by atoms with E-state index < -0.39 is 0 Å². The summed E-state index contributed by atoms with van der Waals surface area (Å²) in [7, 11) is 0. The van der Waals surface area contributed by atoms with Crippen LogP contribution in [0.3, 0.4) is 0 Å². The highest BCUT2D eigenvalue weighted by atomic mass is 32.2. The van der Waals surface area contributed by atoms with Crippen LogP contribution in [0.15, 0.2) is 0 Å². The van der Waals surface area contributed by atoms with Gasteiger partial charge >= 0.3 is 0 Å². The predicted molar refractivity (Wildman–Crippen MR) is 70.5 cm³/mol. The molecule has 2 N–H and O–H groups in total. The van der Waals surface area contributed by atoms with Gasteiger partial charge in [-0.1, -0.05) is 20.3 Å². The molecule has 0 saturated carbocycles. The molecule has 0 aromatic rings. The average Bonchev–Trinajstić information content (AvgIpc) is 2.26. The van der Waals surface area contributed by atoms with Crippen molar-refractivity contribution >= 4 is 11.8 Å². The second-order valence-electron chi connectivity index (χ2n) is 5.28. The summed E-state index contributed by atoms with van der Waals surface area (Å²) in [6.07, 6.45) is 3.94. The lowest BCUT2D eigenvalue weighted by atomic mass is 9.87. The molecule has 90 valence electrons. The molecule has 1 aliphatic heterocycles. The van der Waals surface area contributed by atoms with E-state index in [1.807, 2.05) is 0 Å². The van der Waals surface area contributed by atoms with Gasteiger partial charge in [-0.2, -0.15) is 11.8 Å². The molecule has 1 fully saturated rings. The van der Waals surface area contributed by atoms with E-state index in [0.29, 0.717) is 5.41 Å². The van der Waals surface area contributed by atoms with Crippen LogP contribution in [0.4, 0.5) is 0 Å². The lowest BCUT2D eigenvalue weighted by Crippen LogP contribution is -2.33. The van der Waals surface area contributed by atoms with E-state index in [-0.39, 0.29) is 0 Å². The summed E-state index contributed by atoms with van der Waals surface area (Å²) < 4.78 is 0. The minimum atomic E-state index is 0.345. The third-order valence-corrected chi connectivity index (χ3v) is 4.18. The monoisotopic (exact) mass is 230 g/mol. The molecule has 1 aliphatic rings. The van der Waals surface area contributed by atoms with Gasteiger partial charge in [0.25, 0.3) is 0 Å². The van der Waals surface area contributed by atoms with E-state index >= 15 is 0 Å². The van der Waals surface area contributed by atoms with Crippen LogP contribution >= 0.6 is 11.8 Å². The van der Waals surface area contributed by atoms with Gasteiger partial charge in [0.15, 0.2) is 0 Å². The van der Waals surface area contributed by atoms with Crippen LogP contribution in [0, 0.1) is 5.41 Å². The molecule has 3 heteroatoms. The number of hydrogen-bond donors (Lipinski definition) is 1. The van der Waals surface area contributed by atoms with Crippen LogP contribution in [0.25, 0.3) is 0 Å². The zero-order valence-corrected chi connectivity index (χ0v) is 11.1. The zero-order chi connectivity index (χ0) is 11.1. The molecule has 0 amide bonds. The quantitative estimate of drug-likeness (QED) is 0.709. The molecule has 1 heterocycles. The number of unbranched alkanes of at least 4 members (excludes halogenated alkanes) is 1. The summed E-state index contributed by atoms with van der Waals surface area (Å²) in [6, 6.07) is 0. The molecule has 0 radical (unpaired) electrons. The summed E-state index contributed by atoms with van der Waals surface area (Å²) in [6.45, 7) is 9.24. The molecular formula is C12H26N2S. The van der Waals surface area contributed by atoms with E-state index in [4.69, 9.17) is 5.73 Å². The summed E-state index contributed by atoms with van der Waals surface area (Å²) in [4.78, 5) is 2.60. The number of hydrogen-bond acceptors (Lipinski definition) is 3. The maximum atomic E-state index is 5.72. The van der Waals surface area contributed by atoms with Gasteiger partial charge in [-0.25, -0.2) is 0 Å². The Bertz CT molecular complexity index is 165. The second-order valence-corrected chi connectivity index (χ2v) is 6.50. The first-order valence-corrected chi connectivity index (χ1v) is 7.30. The van der Waals surface area contributed by atoms with Crippen LogP contribution in [0.1, 0.15) is 33.1 Å². The third-order valence-electron chi connectivity index (χ3n) is 3.23. The van der Waals surface area contributed by atoms with Crippen molar-refractivity contribution in [3.8, 4) is 0 Å². The summed E-state index contributed by atoms with van der Waals surface area (Å²) in [5.41, 5.74) is 6.06. The van der Waals surface area contributed by atoms with Crippen molar-refractivity contribution in [3.63, 3.8) is 0 Å². The summed E-state index contributed by atoms with van der Waals surface area (Å²) in [5.74, 6) is 2.66. The van der Waals surface area contributed by atoms with Crippen molar-refractivity contribution in [2.75, 3.05) is 37.7 Å². The van der Waals surface area contributed by atoms with Crippen molar-refractivity contribution in [1.82, 2.24) is 4.90 Å². The maximum absolute atomic E-state index is 5.72. The van der Waals surface area contributed by atoms with Gasteiger partial charge in [0, 0.05) is 24.6 Å². The highest BCUT2D eigenvalue weighted by Crippen LogP contribution is 2.21. The Kier molecular flexibility index (Phi) is 6.02. The zero-order valence-electron chi connectivity index (χ0n) is 10.3. The van der Waals surface area contributed by atoms with E-state index in [2.05, 4.69) is 30.5 Å². The topological polar surface area (TPSA) is 29.3 Å². The van der Waals surface area contributed by atoms with Crippen molar-refractivity contribution in [2.45, 2.75) is 33.1 Å². The molecule has 1 rings (SSSR count). The first-order chi connectivity index (χ1) is 7.14. The second kappa shape index (κ2) is 6.77. The minimum Gasteiger partial charge on any atom is -0.330 e. The van der Waals surface area contributed by atoms with E-state index in [9.17, 15) is 0 Å². The molecular weight excluding hydrogens is 204 g/mol. The van der Waals surface area contributed by atoms with Gasteiger partial charge in [0.05, 0.1) is 0 Å². The number of thioether (sulfide) groups is 1. The Hall–Kier alpha value is 0.270. The molecule has 0 atom stereocenters. The van der Waals surface area contributed by atoms with Gasteiger partial charge in [-0.3, -0.25) is 0 Å². The fraction of sp³-hybridized carbons (Fsp3) is 1.00. The number of nitrogens with zero attached hydrogens (tertiary/aromatic N) is 1. The van der Waals surface area contributed by atoms with Gasteiger partial charge in [-0.15, -0.1) is 0 Å². The minimum absolute atomic E-state index is 0.345. The molecule has 0 unspecified atom stereocenters. The van der Waals surface area contributed by atoms with Crippen molar-refractivity contribution < 1.29 is 0 Å². The summed E-state index contributed by atoms with van der Waals surface area (Å²) in [5, 5.41) is 0. The SMILES string of the molecule is CC(C)(CN)CCCCN1CCSCC1. The fourth-order valence-electron chi connectivity index (χ4n) is 1.87. The third kappa shape index (κ3) is 5.79. The maximum Gasteiger partial charge on any atom is 0.00727 e. The van der Waals surface area contributed by atoms with Gasteiger partial charge in [0.1, 0.15) is 0 Å². The van der Waals surface area contributed by atoms with E-state index in [0.717, 1.165) is 6.54 Å². The lowest BCUT2D eigenvalue weighted by molar-refractivity contribution is 0.275. The van der Waals surface area contributed by atoms with Crippen molar-refractivity contribution in [2.24, 2.45) is 11.1 Å². The van der Waals surface area contributed by atoms with Crippen molar-refractivity contribution in [1.29, 1.82) is 0 Å². The molecule has 0 bridgehead atoms. The Morgan fingerprint density at radius 3 is 2.47 bits per heavy atom. The normalized spacial score (nSPS) is 19.4. The van der Waals surface area contributed by atoms with Crippen LogP contribution in [0.2, 0.25) is 0 Å². The molecule has 0 aliphatic carbocycles. The largest absolute Gasteiger partial charge is 0.330 e. The standard InChI is InChI=1S/C12H26N2S/c1-12(2,11-13)5-3-4-6-14-7-9-15-10-8-14/h3-11,13H2,1-2H3. The first kappa shape index (κ1) is 13.3. The smallest absolute Gasteiger partial charge is 0.00727 e. The highest BCUT2D eigenvalue weighted by Gasteiger charge is 2.15. The Morgan fingerprint density at radius 2 is 1.87 bits per heavy atom. The van der Waals surface area contributed by atoms with Crippen LogP contribution in [-0.4, -0.2) is 42.6 Å². The Morgan fingerprint density at radius 1 is 1.20 bits per heavy atom. The molecule has 0 spiro atoms. The van der Waals surface area contributed by atoms with Gasteiger partial charge in [-0.05, 0) is 31.3 Å². The number of rotatable bonds is 6. The fourth-order valence-corrected chi connectivity index (χ4v) is 2.84. The van der Waals surface area contributed by atoms with Crippen LogP contribution in [-0.2, 0) is 0 Å². The molecule has 0 aromatic heterocycles. The summed E-state index contributed by atoms with van der Waals surface area (Å²) >= 11 is 2.09. The number of nitrogens with two attached hydrogens (primary N) is 1. The predicted octanol–water partition coefficient (Wildman–Crippen LogP) is 2.19. The van der Waals surface area contributed by atoms with Gasteiger partial charge < -0.3 is 10.6 Å². The van der Waals surface area contributed by atoms with Crippen LogP contribution < -0.4 is 5.73 Å².